The molecule has 0 radical (unpaired) electrons. The lowest BCUT2D eigenvalue weighted by molar-refractivity contribution is -0.198. The van der Waals surface area contributed by atoms with Gasteiger partial charge in [-0.3, -0.25) is 9.78 Å². The molecule has 2 unspecified atom stereocenters. The molecule has 0 bridgehead atoms. The molecule has 1 fully saturated rings. The predicted molar refractivity (Wildman–Crippen MR) is 67.6 cm³/mol. The molecule has 0 saturated heterocycles. The molecule has 1 aromatic rings. The lowest BCUT2D eigenvalue weighted by Gasteiger charge is -2.32. The minimum Gasteiger partial charge on any atom is -0.352 e. The lowest BCUT2D eigenvalue weighted by atomic mass is 9.78. The number of nitrogens with one attached hydrogen (secondary N) is 1. The molecule has 1 aliphatic carbocycles. The predicted octanol–water partition coefficient (Wildman–Crippen LogP) is 3.07. The lowest BCUT2D eigenvalue weighted by Crippen LogP contribution is -2.42. The molecule has 110 valence electrons. The second-order valence-corrected chi connectivity index (χ2v) is 5.11. The standard InChI is InChI=1S/C14H17F3N2O/c15-14(16,17)12-4-2-1-3-11(12)13(20)19-9-10-5-7-18-8-6-10/h5-8,11-12H,1-4,9H2,(H,19,20). The smallest absolute Gasteiger partial charge is 0.352 e. The Morgan fingerprint density at radius 1 is 1.25 bits per heavy atom. The maximum Gasteiger partial charge on any atom is 0.392 e. The van der Waals surface area contributed by atoms with E-state index in [2.05, 4.69) is 10.3 Å². The number of rotatable bonds is 3. The molecule has 2 atom stereocenters. The van der Waals surface area contributed by atoms with E-state index in [4.69, 9.17) is 0 Å². The Morgan fingerprint density at radius 2 is 1.90 bits per heavy atom. The first-order valence-corrected chi connectivity index (χ1v) is 6.72. The van der Waals surface area contributed by atoms with Crippen molar-refractivity contribution in [2.24, 2.45) is 11.8 Å². The van der Waals surface area contributed by atoms with Gasteiger partial charge in [-0.25, -0.2) is 0 Å². The van der Waals surface area contributed by atoms with Crippen LogP contribution >= 0.6 is 0 Å². The van der Waals surface area contributed by atoms with Gasteiger partial charge in [0.25, 0.3) is 0 Å². The summed E-state index contributed by atoms with van der Waals surface area (Å²) in [6.45, 7) is 0.239. The maximum atomic E-state index is 12.9. The number of hydrogen-bond donors (Lipinski definition) is 1. The Labute approximate surface area is 115 Å². The van der Waals surface area contributed by atoms with Gasteiger partial charge < -0.3 is 5.32 Å². The van der Waals surface area contributed by atoms with Gasteiger partial charge in [0.15, 0.2) is 0 Å². The third-order valence-corrected chi connectivity index (χ3v) is 3.74. The molecule has 1 saturated carbocycles. The summed E-state index contributed by atoms with van der Waals surface area (Å²) in [6, 6.07) is 3.45. The van der Waals surface area contributed by atoms with Gasteiger partial charge in [0, 0.05) is 24.9 Å². The fourth-order valence-corrected chi connectivity index (χ4v) is 2.66. The molecule has 0 spiro atoms. The molecular formula is C14H17F3N2O. The molecule has 0 aliphatic heterocycles. The van der Waals surface area contributed by atoms with Gasteiger partial charge >= 0.3 is 6.18 Å². The van der Waals surface area contributed by atoms with E-state index in [1.165, 1.54) is 0 Å². The van der Waals surface area contributed by atoms with E-state index in [-0.39, 0.29) is 13.0 Å². The first kappa shape index (κ1) is 14.8. The van der Waals surface area contributed by atoms with E-state index < -0.39 is 23.9 Å². The largest absolute Gasteiger partial charge is 0.392 e. The van der Waals surface area contributed by atoms with Gasteiger partial charge in [-0.1, -0.05) is 12.8 Å². The molecule has 1 amide bonds. The van der Waals surface area contributed by atoms with Crippen LogP contribution in [-0.4, -0.2) is 17.1 Å². The molecule has 1 N–H and O–H groups in total. The summed E-state index contributed by atoms with van der Waals surface area (Å²) in [6.07, 6.45) is 0.460. The highest BCUT2D eigenvalue weighted by molar-refractivity contribution is 5.79. The van der Waals surface area contributed by atoms with E-state index in [9.17, 15) is 18.0 Å². The topological polar surface area (TPSA) is 42.0 Å². The first-order chi connectivity index (χ1) is 9.48. The Balaban J connectivity index is 1.96. The average molecular weight is 286 g/mol. The number of nitrogens with zero attached hydrogens (tertiary/aromatic N) is 1. The van der Waals surface area contributed by atoms with Crippen LogP contribution in [0.25, 0.3) is 0 Å². The normalized spacial score (nSPS) is 23.4. The molecule has 0 aromatic carbocycles. The summed E-state index contributed by atoms with van der Waals surface area (Å²) in [5.41, 5.74) is 0.827. The maximum absolute atomic E-state index is 12.9. The van der Waals surface area contributed by atoms with Crippen LogP contribution in [0.3, 0.4) is 0 Å². The highest BCUT2D eigenvalue weighted by Crippen LogP contribution is 2.41. The van der Waals surface area contributed by atoms with Gasteiger partial charge in [-0.05, 0) is 30.5 Å². The van der Waals surface area contributed by atoms with Crippen molar-refractivity contribution >= 4 is 5.91 Å². The fraction of sp³-hybridized carbons (Fsp3) is 0.571. The summed E-state index contributed by atoms with van der Waals surface area (Å²) in [5.74, 6) is -2.96. The van der Waals surface area contributed by atoms with Crippen molar-refractivity contribution < 1.29 is 18.0 Å². The molecule has 1 heterocycles. The highest BCUT2D eigenvalue weighted by Gasteiger charge is 2.47. The average Bonchev–Trinajstić information content (AvgIpc) is 2.45. The van der Waals surface area contributed by atoms with Gasteiger partial charge in [0.2, 0.25) is 5.91 Å². The Hall–Kier alpha value is -1.59. The number of aromatic nitrogens is 1. The molecule has 1 aromatic heterocycles. The van der Waals surface area contributed by atoms with Crippen molar-refractivity contribution in [2.75, 3.05) is 0 Å². The number of pyridine rings is 1. The second-order valence-electron chi connectivity index (χ2n) is 5.11. The van der Waals surface area contributed by atoms with Gasteiger partial charge in [-0.2, -0.15) is 13.2 Å². The van der Waals surface area contributed by atoms with Crippen LogP contribution in [0.2, 0.25) is 0 Å². The van der Waals surface area contributed by atoms with Crippen molar-refractivity contribution in [2.45, 2.75) is 38.4 Å². The quantitative estimate of drug-likeness (QED) is 0.928. The summed E-state index contributed by atoms with van der Waals surface area (Å²) in [4.78, 5) is 15.8. The van der Waals surface area contributed by atoms with Gasteiger partial charge in [0.05, 0.1) is 5.92 Å². The number of halogens is 3. The van der Waals surface area contributed by atoms with Crippen molar-refractivity contribution in [1.29, 1.82) is 0 Å². The van der Waals surface area contributed by atoms with Crippen molar-refractivity contribution in [3.8, 4) is 0 Å². The SMILES string of the molecule is O=C(NCc1ccncc1)C1CCCCC1C(F)(F)F. The highest BCUT2D eigenvalue weighted by atomic mass is 19.4. The van der Waals surface area contributed by atoms with Crippen molar-refractivity contribution in [1.82, 2.24) is 10.3 Å². The van der Waals surface area contributed by atoms with Crippen LogP contribution in [0.1, 0.15) is 31.2 Å². The third-order valence-electron chi connectivity index (χ3n) is 3.74. The van der Waals surface area contributed by atoms with Gasteiger partial charge in [0.1, 0.15) is 0 Å². The van der Waals surface area contributed by atoms with E-state index in [1.54, 1.807) is 24.5 Å². The van der Waals surface area contributed by atoms with E-state index in [0.29, 0.717) is 19.3 Å². The summed E-state index contributed by atoms with van der Waals surface area (Å²) < 4.78 is 38.8. The third kappa shape index (κ3) is 3.71. The van der Waals surface area contributed by atoms with E-state index in [0.717, 1.165) is 5.56 Å². The summed E-state index contributed by atoms with van der Waals surface area (Å²) in [5, 5.41) is 2.60. The summed E-state index contributed by atoms with van der Waals surface area (Å²) >= 11 is 0. The number of carbonyl (C=O) groups is 1. The van der Waals surface area contributed by atoms with Crippen molar-refractivity contribution in [3.63, 3.8) is 0 Å². The molecule has 3 nitrogen and oxygen atoms in total. The first-order valence-electron chi connectivity index (χ1n) is 6.72. The van der Waals surface area contributed by atoms with E-state index in [1.807, 2.05) is 0 Å². The minimum atomic E-state index is -4.29. The van der Waals surface area contributed by atoms with Gasteiger partial charge in [-0.15, -0.1) is 0 Å². The van der Waals surface area contributed by atoms with Crippen LogP contribution in [0.5, 0.6) is 0 Å². The monoisotopic (exact) mass is 286 g/mol. The number of amides is 1. The zero-order valence-electron chi connectivity index (χ0n) is 11.0. The zero-order chi connectivity index (χ0) is 14.6. The summed E-state index contributed by atoms with van der Waals surface area (Å²) in [7, 11) is 0. The number of hydrogen-bond acceptors (Lipinski definition) is 2. The second kappa shape index (κ2) is 6.24. The molecule has 20 heavy (non-hydrogen) atoms. The number of alkyl halides is 3. The molecular weight excluding hydrogens is 269 g/mol. The van der Waals surface area contributed by atoms with Crippen LogP contribution in [0, 0.1) is 11.8 Å². The van der Waals surface area contributed by atoms with Crippen LogP contribution < -0.4 is 5.32 Å². The minimum absolute atomic E-state index is 0.0524. The number of carbonyl (C=O) groups excluding carboxylic acids is 1. The van der Waals surface area contributed by atoms with Crippen LogP contribution in [-0.2, 0) is 11.3 Å². The fourth-order valence-electron chi connectivity index (χ4n) is 2.66. The van der Waals surface area contributed by atoms with E-state index >= 15 is 0 Å². The Bertz CT molecular complexity index is 447. The Morgan fingerprint density at radius 3 is 2.55 bits per heavy atom. The Kier molecular flexibility index (Phi) is 4.62. The molecule has 1 aliphatic rings. The molecule has 6 heteroatoms. The van der Waals surface area contributed by atoms with Crippen LogP contribution in [0.4, 0.5) is 13.2 Å². The zero-order valence-corrected chi connectivity index (χ0v) is 11.0. The van der Waals surface area contributed by atoms with Crippen molar-refractivity contribution in [3.05, 3.63) is 30.1 Å². The van der Waals surface area contributed by atoms with Crippen LogP contribution in [0.15, 0.2) is 24.5 Å². The molecule has 2 rings (SSSR count).